The zero-order valence-electron chi connectivity index (χ0n) is 10.3. The summed E-state index contributed by atoms with van der Waals surface area (Å²) in [6.07, 6.45) is 0. The second-order valence-corrected chi connectivity index (χ2v) is 3.49. The molecule has 0 aromatic carbocycles. The van der Waals surface area contributed by atoms with Gasteiger partial charge in [-0.05, 0) is 13.8 Å². The number of amides is 1. The molecule has 0 spiro atoms. The average Bonchev–Trinajstić information content (AvgIpc) is 2.34. The number of likely N-dealkylation sites (N-methyl/N-ethyl adjacent to an activating group) is 2. The van der Waals surface area contributed by atoms with Gasteiger partial charge in [0.05, 0.1) is 6.54 Å². The Morgan fingerprint density at radius 1 is 1.53 bits per heavy atom. The van der Waals surface area contributed by atoms with Gasteiger partial charge in [0.2, 0.25) is 5.91 Å². The number of hydrogen-bond donors (Lipinski definition) is 3. The Morgan fingerprint density at radius 3 is 2.76 bits per heavy atom. The first-order valence-corrected chi connectivity index (χ1v) is 5.38. The van der Waals surface area contributed by atoms with Crippen LogP contribution in [-0.4, -0.2) is 36.0 Å². The quantitative estimate of drug-likeness (QED) is 0.479. The molecule has 1 aromatic rings. The first kappa shape index (κ1) is 13.2. The van der Waals surface area contributed by atoms with Crippen LogP contribution in [0.15, 0.2) is 6.07 Å². The lowest BCUT2D eigenvalue weighted by molar-refractivity contribution is -0.119. The summed E-state index contributed by atoms with van der Waals surface area (Å²) in [6, 6.07) is 1.71. The minimum Gasteiger partial charge on any atom is -0.358 e. The summed E-state index contributed by atoms with van der Waals surface area (Å²) in [5.74, 6) is 7.06. The minimum atomic E-state index is -0.0645. The number of nitrogens with one attached hydrogen (secondary N) is 2. The molecule has 0 saturated heterocycles. The van der Waals surface area contributed by atoms with Crippen molar-refractivity contribution >= 4 is 17.5 Å². The highest BCUT2D eigenvalue weighted by Gasteiger charge is 2.11. The van der Waals surface area contributed by atoms with Crippen molar-refractivity contribution in [2.45, 2.75) is 13.8 Å². The third-order valence-electron chi connectivity index (χ3n) is 2.29. The zero-order chi connectivity index (χ0) is 12.8. The maximum atomic E-state index is 11.4. The lowest BCUT2D eigenvalue weighted by Crippen LogP contribution is -2.36. The fourth-order valence-electron chi connectivity index (χ4n) is 1.40. The van der Waals surface area contributed by atoms with E-state index in [0.29, 0.717) is 24.0 Å². The standard InChI is InChI=1S/C10H18N6O/c1-4-16(6-10(17)12-3)9-5-8(15-11)13-7(2)14-9/h5H,4,6,11H2,1-3H3,(H,12,17)(H,13,14,15). The van der Waals surface area contributed by atoms with Crippen LogP contribution >= 0.6 is 0 Å². The maximum Gasteiger partial charge on any atom is 0.239 e. The number of aryl methyl sites for hydroxylation is 1. The number of carbonyl (C=O) groups excluding carboxylic acids is 1. The molecular weight excluding hydrogens is 220 g/mol. The number of anilines is 2. The number of hydrogen-bond acceptors (Lipinski definition) is 6. The SMILES string of the molecule is CCN(CC(=O)NC)c1cc(NN)nc(C)n1. The number of nitrogens with two attached hydrogens (primary N) is 1. The summed E-state index contributed by atoms with van der Waals surface area (Å²) < 4.78 is 0. The van der Waals surface area contributed by atoms with Gasteiger partial charge in [-0.2, -0.15) is 0 Å². The van der Waals surface area contributed by atoms with Gasteiger partial charge < -0.3 is 15.6 Å². The molecule has 0 atom stereocenters. The highest BCUT2D eigenvalue weighted by Crippen LogP contribution is 2.14. The molecule has 0 radical (unpaired) electrons. The highest BCUT2D eigenvalue weighted by molar-refractivity contribution is 5.80. The van der Waals surface area contributed by atoms with E-state index in [2.05, 4.69) is 20.7 Å². The van der Waals surface area contributed by atoms with Gasteiger partial charge in [0, 0.05) is 19.7 Å². The minimum absolute atomic E-state index is 0.0645. The molecule has 7 nitrogen and oxygen atoms in total. The summed E-state index contributed by atoms with van der Waals surface area (Å²) in [4.78, 5) is 21.6. The van der Waals surface area contributed by atoms with Gasteiger partial charge in [-0.15, -0.1) is 0 Å². The summed E-state index contributed by atoms with van der Waals surface area (Å²) in [5.41, 5.74) is 2.48. The van der Waals surface area contributed by atoms with Crippen molar-refractivity contribution in [2.75, 3.05) is 30.5 Å². The predicted molar refractivity (Wildman–Crippen MR) is 66.5 cm³/mol. The Bertz CT molecular complexity index is 394. The molecule has 1 heterocycles. The molecule has 0 unspecified atom stereocenters. The van der Waals surface area contributed by atoms with Gasteiger partial charge in [-0.3, -0.25) is 4.79 Å². The number of nitrogens with zero attached hydrogens (tertiary/aromatic N) is 3. The third-order valence-corrected chi connectivity index (χ3v) is 2.29. The van der Waals surface area contributed by atoms with Crippen molar-refractivity contribution in [2.24, 2.45) is 5.84 Å². The Kier molecular flexibility index (Phi) is 4.65. The normalized spacial score (nSPS) is 9.88. The van der Waals surface area contributed by atoms with E-state index in [1.165, 1.54) is 0 Å². The third kappa shape index (κ3) is 3.56. The van der Waals surface area contributed by atoms with Crippen LogP contribution in [0.2, 0.25) is 0 Å². The van der Waals surface area contributed by atoms with Crippen molar-refractivity contribution in [3.05, 3.63) is 11.9 Å². The Hall–Kier alpha value is -1.89. The Balaban J connectivity index is 2.94. The second kappa shape index (κ2) is 6.00. The van der Waals surface area contributed by atoms with Crippen molar-refractivity contribution in [3.8, 4) is 0 Å². The molecule has 1 rings (SSSR count). The van der Waals surface area contributed by atoms with E-state index in [1.54, 1.807) is 20.0 Å². The van der Waals surface area contributed by atoms with Crippen LogP contribution in [0, 0.1) is 6.92 Å². The monoisotopic (exact) mass is 238 g/mol. The van der Waals surface area contributed by atoms with Gasteiger partial charge >= 0.3 is 0 Å². The van der Waals surface area contributed by atoms with Crippen LogP contribution in [0.1, 0.15) is 12.7 Å². The second-order valence-electron chi connectivity index (χ2n) is 3.49. The first-order chi connectivity index (χ1) is 8.10. The predicted octanol–water partition coefficient (Wildman–Crippen LogP) is -0.357. The number of rotatable bonds is 5. The molecule has 0 aliphatic carbocycles. The van der Waals surface area contributed by atoms with Gasteiger partial charge in [0.25, 0.3) is 0 Å². The molecule has 0 aliphatic rings. The van der Waals surface area contributed by atoms with Crippen LogP contribution in [0.5, 0.6) is 0 Å². The van der Waals surface area contributed by atoms with Crippen LogP contribution < -0.4 is 21.5 Å². The molecule has 0 fully saturated rings. The molecule has 17 heavy (non-hydrogen) atoms. The summed E-state index contributed by atoms with van der Waals surface area (Å²) in [7, 11) is 1.61. The van der Waals surface area contributed by atoms with E-state index in [9.17, 15) is 4.79 Å². The van der Waals surface area contributed by atoms with Gasteiger partial charge in [-0.1, -0.05) is 0 Å². The van der Waals surface area contributed by atoms with E-state index in [1.807, 2.05) is 11.8 Å². The van der Waals surface area contributed by atoms with E-state index < -0.39 is 0 Å². The lowest BCUT2D eigenvalue weighted by Gasteiger charge is -2.21. The lowest BCUT2D eigenvalue weighted by atomic mass is 10.4. The van der Waals surface area contributed by atoms with Gasteiger partial charge in [0.15, 0.2) is 0 Å². The van der Waals surface area contributed by atoms with Crippen LogP contribution in [0.3, 0.4) is 0 Å². The molecule has 7 heteroatoms. The van der Waals surface area contributed by atoms with Crippen LogP contribution in [-0.2, 0) is 4.79 Å². The number of aromatic nitrogens is 2. The van der Waals surface area contributed by atoms with Gasteiger partial charge in [0.1, 0.15) is 17.5 Å². The van der Waals surface area contributed by atoms with Crippen molar-refractivity contribution < 1.29 is 4.79 Å². The van der Waals surface area contributed by atoms with Crippen LogP contribution in [0.4, 0.5) is 11.6 Å². The Morgan fingerprint density at radius 2 is 2.24 bits per heavy atom. The number of hydrazine groups is 1. The molecule has 1 aromatic heterocycles. The van der Waals surface area contributed by atoms with E-state index in [0.717, 1.165) is 0 Å². The van der Waals surface area contributed by atoms with E-state index in [4.69, 9.17) is 5.84 Å². The van der Waals surface area contributed by atoms with Crippen molar-refractivity contribution in [1.29, 1.82) is 0 Å². The molecule has 0 bridgehead atoms. The molecule has 0 saturated carbocycles. The van der Waals surface area contributed by atoms with E-state index >= 15 is 0 Å². The smallest absolute Gasteiger partial charge is 0.239 e. The van der Waals surface area contributed by atoms with Crippen molar-refractivity contribution in [3.63, 3.8) is 0 Å². The first-order valence-electron chi connectivity index (χ1n) is 5.38. The topological polar surface area (TPSA) is 96.2 Å². The summed E-state index contributed by atoms with van der Waals surface area (Å²) >= 11 is 0. The van der Waals surface area contributed by atoms with E-state index in [-0.39, 0.29) is 12.5 Å². The highest BCUT2D eigenvalue weighted by atomic mass is 16.1. The summed E-state index contributed by atoms with van der Waals surface area (Å²) in [6.45, 7) is 4.66. The van der Waals surface area contributed by atoms with Crippen molar-refractivity contribution in [1.82, 2.24) is 15.3 Å². The molecule has 94 valence electrons. The fraction of sp³-hybridized carbons (Fsp3) is 0.500. The molecule has 4 N–H and O–H groups in total. The van der Waals surface area contributed by atoms with Gasteiger partial charge in [-0.25, -0.2) is 15.8 Å². The fourth-order valence-corrected chi connectivity index (χ4v) is 1.40. The van der Waals surface area contributed by atoms with Crippen LogP contribution in [0.25, 0.3) is 0 Å². The average molecular weight is 238 g/mol. The molecular formula is C10H18N6O. The molecule has 1 amide bonds. The number of nitrogen functional groups attached to an aromatic ring is 1. The Labute approximate surface area is 100 Å². The zero-order valence-corrected chi connectivity index (χ0v) is 10.3. The largest absolute Gasteiger partial charge is 0.358 e. The maximum absolute atomic E-state index is 11.4. The summed E-state index contributed by atoms with van der Waals surface area (Å²) in [5, 5.41) is 2.58. The molecule has 0 aliphatic heterocycles. The number of carbonyl (C=O) groups is 1.